The fourth-order valence-electron chi connectivity index (χ4n) is 2.35. The van der Waals surface area contributed by atoms with Gasteiger partial charge in [0.2, 0.25) is 0 Å². The van der Waals surface area contributed by atoms with Gasteiger partial charge in [-0.15, -0.1) is 0 Å². The van der Waals surface area contributed by atoms with Crippen LogP contribution in [0.4, 0.5) is 0 Å². The number of azide groups is 1. The second kappa shape index (κ2) is 6.26. The van der Waals surface area contributed by atoms with Crippen molar-refractivity contribution in [2.75, 3.05) is 13.1 Å². The highest BCUT2D eigenvalue weighted by Gasteiger charge is 2.35. The molecule has 0 heterocycles. The summed E-state index contributed by atoms with van der Waals surface area (Å²) in [7, 11) is 0. The van der Waals surface area contributed by atoms with Crippen LogP contribution in [0.5, 0.6) is 0 Å². The van der Waals surface area contributed by atoms with E-state index in [1.54, 1.807) is 13.0 Å². The van der Waals surface area contributed by atoms with Gasteiger partial charge in [-0.05, 0) is 28.8 Å². The number of carboxylic acid groups (broad SMARTS) is 1. The molecular weight excluding hydrogens is 268 g/mol. The molecule has 2 N–H and O–H groups in total. The zero-order chi connectivity index (χ0) is 15.3. The molecule has 0 saturated carbocycles. The molecular formula is C15H16N4O2. The van der Waals surface area contributed by atoms with E-state index in [4.69, 9.17) is 5.53 Å². The number of nitrogens with one attached hydrogen (secondary N) is 1. The first kappa shape index (κ1) is 14.8. The van der Waals surface area contributed by atoms with Crippen molar-refractivity contribution >= 4 is 16.7 Å². The van der Waals surface area contributed by atoms with Crippen LogP contribution in [0.1, 0.15) is 12.5 Å². The Morgan fingerprint density at radius 1 is 1.33 bits per heavy atom. The van der Waals surface area contributed by atoms with Crippen LogP contribution in [0, 0.1) is 0 Å². The highest BCUT2D eigenvalue weighted by Crippen LogP contribution is 2.29. The predicted octanol–water partition coefficient (Wildman–Crippen LogP) is 3.04. The first-order valence-electron chi connectivity index (χ1n) is 6.57. The van der Waals surface area contributed by atoms with Crippen molar-refractivity contribution < 1.29 is 9.90 Å². The highest BCUT2D eigenvalue weighted by atomic mass is 16.4. The third kappa shape index (κ3) is 2.97. The molecule has 0 aliphatic carbocycles. The number of fused-ring (bicyclic) bond motifs is 1. The first-order chi connectivity index (χ1) is 10.1. The second-order valence-corrected chi connectivity index (χ2v) is 4.84. The molecule has 0 aliphatic heterocycles. The fraction of sp³-hybridized carbons (Fsp3) is 0.267. The Bertz CT molecular complexity index is 704. The molecule has 0 spiro atoms. The summed E-state index contributed by atoms with van der Waals surface area (Å²) in [6.45, 7) is 2.10. The van der Waals surface area contributed by atoms with Crippen molar-refractivity contribution in [3.05, 3.63) is 58.5 Å². The summed E-state index contributed by atoms with van der Waals surface area (Å²) in [5.41, 5.74) is 7.72. The van der Waals surface area contributed by atoms with Gasteiger partial charge in [-0.3, -0.25) is 5.32 Å². The Morgan fingerprint density at radius 2 is 2.05 bits per heavy atom. The summed E-state index contributed by atoms with van der Waals surface area (Å²) < 4.78 is 0. The monoisotopic (exact) mass is 284 g/mol. The van der Waals surface area contributed by atoms with E-state index >= 15 is 0 Å². The number of hydrogen-bond donors (Lipinski definition) is 2. The molecule has 0 radical (unpaired) electrons. The normalized spacial score (nSPS) is 13.4. The van der Waals surface area contributed by atoms with Gasteiger partial charge < -0.3 is 5.11 Å². The Morgan fingerprint density at radius 3 is 2.76 bits per heavy atom. The summed E-state index contributed by atoms with van der Waals surface area (Å²) in [4.78, 5) is 14.4. The average Bonchev–Trinajstić information content (AvgIpc) is 2.50. The lowest BCUT2D eigenvalue weighted by molar-refractivity contribution is -0.144. The van der Waals surface area contributed by atoms with Gasteiger partial charge in [-0.1, -0.05) is 47.6 Å². The van der Waals surface area contributed by atoms with Crippen LogP contribution in [0.15, 0.2) is 47.6 Å². The van der Waals surface area contributed by atoms with E-state index < -0.39 is 11.5 Å². The fourth-order valence-corrected chi connectivity index (χ4v) is 2.35. The van der Waals surface area contributed by atoms with Gasteiger partial charge in [0.25, 0.3) is 0 Å². The van der Waals surface area contributed by atoms with Gasteiger partial charge in [-0.25, -0.2) is 4.79 Å². The van der Waals surface area contributed by atoms with E-state index in [0.29, 0.717) is 5.56 Å². The van der Waals surface area contributed by atoms with E-state index in [-0.39, 0.29) is 13.1 Å². The topological polar surface area (TPSA) is 98.1 Å². The molecule has 6 heteroatoms. The molecule has 2 aromatic carbocycles. The maximum absolute atomic E-state index is 11.8. The molecule has 0 amide bonds. The average molecular weight is 284 g/mol. The van der Waals surface area contributed by atoms with E-state index in [9.17, 15) is 9.90 Å². The van der Waals surface area contributed by atoms with Crippen molar-refractivity contribution in [2.24, 2.45) is 5.11 Å². The van der Waals surface area contributed by atoms with E-state index in [2.05, 4.69) is 15.3 Å². The molecule has 2 aromatic rings. The third-order valence-corrected chi connectivity index (χ3v) is 3.51. The molecule has 0 fully saturated rings. The smallest absolute Gasteiger partial charge is 0.328 e. The SMILES string of the molecule is CC(NCCN=[N+]=[N-])(C(=O)O)c1cccc2ccccc12. The van der Waals surface area contributed by atoms with Gasteiger partial charge in [-0.2, -0.15) is 0 Å². The Kier molecular flexibility index (Phi) is 4.42. The maximum atomic E-state index is 11.8. The molecule has 6 nitrogen and oxygen atoms in total. The number of carbonyl (C=O) groups is 1. The number of hydrogen-bond acceptors (Lipinski definition) is 3. The standard InChI is InChI=1S/C15H16N4O2/c1-15(14(20)21,17-9-10-18-19-16)13-8-4-6-11-5-2-3-7-12(11)13/h2-8,17H,9-10H2,1H3,(H,20,21). The molecule has 0 aliphatic rings. The zero-order valence-electron chi connectivity index (χ0n) is 11.7. The number of rotatable bonds is 6. The van der Waals surface area contributed by atoms with Crippen LogP contribution in [0.25, 0.3) is 21.2 Å². The Balaban J connectivity index is 2.44. The summed E-state index contributed by atoms with van der Waals surface area (Å²) in [5.74, 6) is -0.972. The molecule has 2 rings (SSSR count). The molecule has 0 bridgehead atoms. The molecule has 108 valence electrons. The molecule has 1 atom stereocenters. The Labute approximate surface area is 122 Å². The number of aliphatic carboxylic acids is 1. The van der Waals surface area contributed by atoms with Gasteiger partial charge in [0.15, 0.2) is 0 Å². The van der Waals surface area contributed by atoms with E-state index in [1.165, 1.54) is 0 Å². The number of carboxylic acids is 1. The molecule has 1 unspecified atom stereocenters. The third-order valence-electron chi connectivity index (χ3n) is 3.51. The van der Waals surface area contributed by atoms with E-state index in [1.807, 2.05) is 36.4 Å². The van der Waals surface area contributed by atoms with Crippen LogP contribution in [0.3, 0.4) is 0 Å². The van der Waals surface area contributed by atoms with Crippen molar-refractivity contribution in [3.8, 4) is 0 Å². The van der Waals surface area contributed by atoms with Crippen molar-refractivity contribution in [3.63, 3.8) is 0 Å². The van der Waals surface area contributed by atoms with Gasteiger partial charge in [0, 0.05) is 18.0 Å². The van der Waals surface area contributed by atoms with Crippen molar-refractivity contribution in [2.45, 2.75) is 12.5 Å². The van der Waals surface area contributed by atoms with Crippen molar-refractivity contribution in [1.29, 1.82) is 0 Å². The summed E-state index contributed by atoms with van der Waals surface area (Å²) >= 11 is 0. The van der Waals surface area contributed by atoms with Crippen LogP contribution in [0.2, 0.25) is 0 Å². The van der Waals surface area contributed by atoms with Crippen LogP contribution in [-0.2, 0) is 10.3 Å². The first-order valence-corrected chi connectivity index (χ1v) is 6.57. The predicted molar refractivity (Wildman–Crippen MR) is 81.0 cm³/mol. The van der Waals surface area contributed by atoms with Gasteiger partial charge in [0.1, 0.15) is 5.54 Å². The Hall–Kier alpha value is -2.56. The maximum Gasteiger partial charge on any atom is 0.328 e. The number of benzene rings is 2. The van der Waals surface area contributed by atoms with Crippen LogP contribution < -0.4 is 5.32 Å². The summed E-state index contributed by atoms with van der Waals surface area (Å²) in [5, 5.41) is 17.9. The lowest BCUT2D eigenvalue weighted by Crippen LogP contribution is -2.47. The molecule has 0 saturated heterocycles. The molecule has 21 heavy (non-hydrogen) atoms. The van der Waals surface area contributed by atoms with Crippen LogP contribution in [-0.4, -0.2) is 24.2 Å². The summed E-state index contributed by atoms with van der Waals surface area (Å²) in [6, 6.07) is 13.2. The minimum absolute atomic E-state index is 0.199. The lowest BCUT2D eigenvalue weighted by atomic mass is 9.88. The minimum Gasteiger partial charge on any atom is -0.480 e. The highest BCUT2D eigenvalue weighted by molar-refractivity contribution is 5.92. The molecule has 0 aromatic heterocycles. The lowest BCUT2D eigenvalue weighted by Gasteiger charge is -2.28. The number of nitrogens with zero attached hydrogens (tertiary/aromatic N) is 3. The zero-order valence-corrected chi connectivity index (χ0v) is 11.7. The largest absolute Gasteiger partial charge is 0.480 e. The van der Waals surface area contributed by atoms with E-state index in [0.717, 1.165) is 10.8 Å². The van der Waals surface area contributed by atoms with Crippen LogP contribution >= 0.6 is 0 Å². The van der Waals surface area contributed by atoms with Gasteiger partial charge in [0.05, 0.1) is 0 Å². The van der Waals surface area contributed by atoms with Gasteiger partial charge >= 0.3 is 5.97 Å². The minimum atomic E-state index is -1.24. The second-order valence-electron chi connectivity index (χ2n) is 4.84. The summed E-state index contributed by atoms with van der Waals surface area (Å²) in [6.07, 6.45) is 0. The quantitative estimate of drug-likeness (QED) is 0.369. The van der Waals surface area contributed by atoms with Crippen molar-refractivity contribution in [1.82, 2.24) is 5.32 Å².